The number of oxazole rings is 1. The topological polar surface area (TPSA) is 47.7 Å². The summed E-state index contributed by atoms with van der Waals surface area (Å²) in [5.74, 6) is 2.24. The van der Waals surface area contributed by atoms with E-state index in [1.165, 1.54) is 16.0 Å². The van der Waals surface area contributed by atoms with Crippen molar-refractivity contribution in [2.45, 2.75) is 19.0 Å². The Balaban J connectivity index is 1.50. The number of hydrogen-bond acceptors (Lipinski definition) is 7. The summed E-state index contributed by atoms with van der Waals surface area (Å²) in [4.78, 5) is 9.57. The molecule has 0 saturated carbocycles. The Morgan fingerprint density at radius 1 is 1.10 bits per heavy atom. The molecule has 1 aliphatic rings. The van der Waals surface area contributed by atoms with E-state index in [1.807, 2.05) is 17.5 Å². The van der Waals surface area contributed by atoms with E-state index in [-0.39, 0.29) is 6.04 Å². The number of aromatic nitrogens is 1. The Bertz CT molecular complexity index is 1120. The lowest BCUT2D eigenvalue weighted by Gasteiger charge is -2.37. The van der Waals surface area contributed by atoms with Crippen LogP contribution in [0.1, 0.15) is 27.7 Å². The number of benzene rings is 1. The largest absolute Gasteiger partial charge is 0.493 e. The third kappa shape index (κ3) is 3.53. The quantitative estimate of drug-likeness (QED) is 0.390. The second-order valence-corrected chi connectivity index (χ2v) is 9.09. The van der Waals surface area contributed by atoms with E-state index in [0.29, 0.717) is 5.89 Å². The van der Waals surface area contributed by atoms with Crippen molar-refractivity contribution < 1.29 is 13.9 Å². The lowest BCUT2D eigenvalue weighted by molar-refractivity contribution is 0.203. The summed E-state index contributed by atoms with van der Waals surface area (Å²) in [6, 6.07) is 12.8. The minimum absolute atomic E-state index is 0.149. The highest BCUT2D eigenvalue weighted by Gasteiger charge is 2.31. The van der Waals surface area contributed by atoms with Gasteiger partial charge in [-0.1, -0.05) is 12.1 Å². The van der Waals surface area contributed by atoms with E-state index in [0.717, 1.165) is 41.6 Å². The molecule has 4 aromatic rings. The molecule has 3 aromatic heterocycles. The average Bonchev–Trinajstić information content (AvgIpc) is 3.55. The van der Waals surface area contributed by atoms with E-state index >= 15 is 0 Å². The molecule has 154 valence electrons. The summed E-state index contributed by atoms with van der Waals surface area (Å²) in [7, 11) is 3.37. The first-order chi connectivity index (χ1) is 14.8. The Labute approximate surface area is 183 Å². The molecule has 1 aromatic carbocycles. The highest BCUT2D eigenvalue weighted by atomic mass is 32.1. The van der Waals surface area contributed by atoms with Gasteiger partial charge in [-0.05, 0) is 52.6 Å². The van der Waals surface area contributed by atoms with E-state index in [9.17, 15) is 0 Å². The van der Waals surface area contributed by atoms with Crippen LogP contribution in [0.25, 0.3) is 10.8 Å². The van der Waals surface area contributed by atoms with Crippen LogP contribution >= 0.6 is 22.7 Å². The molecular formula is C23H22N2O3S2. The standard InChI is InChI=1S/C23H22N2O3S2/c1-26-18-11-15-7-8-25(13-16-14-28-23(24-16)21-6-4-10-30-21)22(20-5-3-9-29-20)17(15)12-19(18)27-2/h3-6,9-12,14,22H,7-8,13H2,1-2H3. The molecular weight excluding hydrogens is 416 g/mol. The van der Waals surface area contributed by atoms with Crippen LogP contribution in [0.2, 0.25) is 0 Å². The highest BCUT2D eigenvalue weighted by Crippen LogP contribution is 2.42. The lowest BCUT2D eigenvalue weighted by atomic mass is 9.90. The van der Waals surface area contributed by atoms with E-state index in [1.54, 1.807) is 43.2 Å². The maximum atomic E-state index is 5.75. The van der Waals surface area contributed by atoms with Crippen LogP contribution in [0.15, 0.2) is 57.8 Å². The summed E-state index contributed by atoms with van der Waals surface area (Å²) in [5, 5.41) is 4.17. The third-order valence-electron chi connectivity index (χ3n) is 5.43. The van der Waals surface area contributed by atoms with Crippen LogP contribution in [0, 0.1) is 0 Å². The third-order valence-corrected chi connectivity index (χ3v) is 7.22. The molecule has 1 unspecified atom stereocenters. The van der Waals surface area contributed by atoms with Gasteiger partial charge in [-0.25, -0.2) is 4.98 Å². The highest BCUT2D eigenvalue weighted by molar-refractivity contribution is 7.13. The second kappa shape index (κ2) is 8.26. The molecule has 0 bridgehead atoms. The first-order valence-corrected chi connectivity index (χ1v) is 11.5. The number of fused-ring (bicyclic) bond motifs is 1. The van der Waals surface area contributed by atoms with Crippen LogP contribution in [-0.4, -0.2) is 30.6 Å². The summed E-state index contributed by atoms with van der Waals surface area (Å²) < 4.78 is 16.9. The summed E-state index contributed by atoms with van der Waals surface area (Å²) >= 11 is 3.42. The van der Waals surface area contributed by atoms with Gasteiger partial charge in [0.15, 0.2) is 11.5 Å². The number of hydrogen-bond donors (Lipinski definition) is 0. The Hall–Kier alpha value is -2.61. The molecule has 0 amide bonds. The summed E-state index contributed by atoms with van der Waals surface area (Å²) in [6.45, 7) is 1.66. The fraction of sp³-hybridized carbons (Fsp3) is 0.261. The van der Waals surface area contributed by atoms with Gasteiger partial charge in [0.1, 0.15) is 6.26 Å². The molecule has 7 heteroatoms. The minimum Gasteiger partial charge on any atom is -0.493 e. The van der Waals surface area contributed by atoms with Gasteiger partial charge in [0.05, 0.1) is 30.8 Å². The van der Waals surface area contributed by atoms with Gasteiger partial charge in [-0.2, -0.15) is 0 Å². The number of nitrogens with zero attached hydrogens (tertiary/aromatic N) is 2. The molecule has 5 nitrogen and oxygen atoms in total. The van der Waals surface area contributed by atoms with Crippen LogP contribution in [-0.2, 0) is 13.0 Å². The van der Waals surface area contributed by atoms with Crippen LogP contribution in [0.4, 0.5) is 0 Å². The molecule has 0 radical (unpaired) electrons. The summed E-state index contributed by atoms with van der Waals surface area (Å²) in [5.41, 5.74) is 3.52. The van der Waals surface area contributed by atoms with Gasteiger partial charge in [0, 0.05) is 18.0 Å². The van der Waals surface area contributed by atoms with E-state index in [2.05, 4.69) is 34.5 Å². The first-order valence-electron chi connectivity index (χ1n) is 9.77. The maximum absolute atomic E-state index is 5.75. The first kappa shape index (κ1) is 19.4. The monoisotopic (exact) mass is 438 g/mol. The van der Waals surface area contributed by atoms with Crippen molar-refractivity contribution >= 4 is 22.7 Å². The van der Waals surface area contributed by atoms with Crippen molar-refractivity contribution in [2.24, 2.45) is 0 Å². The molecule has 30 heavy (non-hydrogen) atoms. The van der Waals surface area contributed by atoms with Crippen LogP contribution in [0.3, 0.4) is 0 Å². The molecule has 5 rings (SSSR count). The predicted molar refractivity (Wildman–Crippen MR) is 120 cm³/mol. The Morgan fingerprint density at radius 2 is 1.90 bits per heavy atom. The zero-order valence-electron chi connectivity index (χ0n) is 16.8. The molecule has 1 aliphatic heterocycles. The smallest absolute Gasteiger partial charge is 0.236 e. The van der Waals surface area contributed by atoms with Gasteiger partial charge in [0.25, 0.3) is 0 Å². The van der Waals surface area contributed by atoms with Crippen molar-refractivity contribution in [3.63, 3.8) is 0 Å². The molecule has 0 aliphatic carbocycles. The van der Waals surface area contributed by atoms with Gasteiger partial charge >= 0.3 is 0 Å². The average molecular weight is 439 g/mol. The Kier molecular flexibility index (Phi) is 5.33. The number of ether oxygens (including phenoxy) is 2. The normalized spacial score (nSPS) is 16.4. The molecule has 0 N–H and O–H groups in total. The number of rotatable bonds is 6. The molecule has 0 saturated heterocycles. The lowest BCUT2D eigenvalue weighted by Crippen LogP contribution is -2.35. The van der Waals surface area contributed by atoms with Gasteiger partial charge < -0.3 is 13.9 Å². The van der Waals surface area contributed by atoms with Crippen LogP contribution < -0.4 is 9.47 Å². The number of methoxy groups -OCH3 is 2. The van der Waals surface area contributed by atoms with E-state index in [4.69, 9.17) is 18.9 Å². The number of thiophene rings is 2. The van der Waals surface area contributed by atoms with Crippen molar-refractivity contribution in [2.75, 3.05) is 20.8 Å². The molecule has 1 atom stereocenters. The molecule has 4 heterocycles. The Morgan fingerprint density at radius 3 is 2.63 bits per heavy atom. The van der Waals surface area contributed by atoms with Crippen molar-refractivity contribution in [1.29, 1.82) is 0 Å². The predicted octanol–water partition coefficient (Wildman–Crippen LogP) is 5.63. The SMILES string of the molecule is COc1cc2c(cc1OC)C(c1cccs1)N(Cc1coc(-c3cccs3)n1)CC2. The fourth-order valence-electron chi connectivity index (χ4n) is 4.05. The maximum Gasteiger partial charge on any atom is 0.236 e. The van der Waals surface area contributed by atoms with Crippen molar-refractivity contribution in [3.05, 3.63) is 75.1 Å². The van der Waals surface area contributed by atoms with Crippen molar-refractivity contribution in [1.82, 2.24) is 9.88 Å². The van der Waals surface area contributed by atoms with Crippen LogP contribution in [0.5, 0.6) is 11.5 Å². The zero-order chi connectivity index (χ0) is 20.5. The minimum atomic E-state index is 0.149. The van der Waals surface area contributed by atoms with E-state index < -0.39 is 0 Å². The molecule has 0 fully saturated rings. The second-order valence-electron chi connectivity index (χ2n) is 7.17. The fourth-order valence-corrected chi connectivity index (χ4v) is 5.58. The zero-order valence-corrected chi connectivity index (χ0v) is 18.5. The van der Waals surface area contributed by atoms with Gasteiger partial charge in [0.2, 0.25) is 5.89 Å². The van der Waals surface area contributed by atoms with Gasteiger partial charge in [-0.3, -0.25) is 4.90 Å². The van der Waals surface area contributed by atoms with Crippen molar-refractivity contribution in [3.8, 4) is 22.3 Å². The molecule has 0 spiro atoms. The van der Waals surface area contributed by atoms with Gasteiger partial charge in [-0.15, -0.1) is 22.7 Å². The summed E-state index contributed by atoms with van der Waals surface area (Å²) in [6.07, 6.45) is 2.73.